The Morgan fingerprint density at radius 3 is 2.38 bits per heavy atom. The summed E-state index contributed by atoms with van der Waals surface area (Å²) in [4.78, 5) is 21.6. The second kappa shape index (κ2) is 6.66. The van der Waals surface area contributed by atoms with Crippen molar-refractivity contribution in [2.75, 3.05) is 0 Å². The first-order valence-corrected chi connectivity index (χ1v) is 8.03. The van der Waals surface area contributed by atoms with Crippen LogP contribution in [0.4, 0.5) is 5.69 Å². The lowest BCUT2D eigenvalue weighted by molar-refractivity contribution is -0.387. The molecule has 1 aromatic carbocycles. The van der Waals surface area contributed by atoms with Gasteiger partial charge in [0.2, 0.25) is 5.91 Å². The van der Waals surface area contributed by atoms with E-state index < -0.39 is 37.4 Å². The van der Waals surface area contributed by atoms with E-state index >= 15 is 0 Å². The molecule has 21 heavy (non-hydrogen) atoms. The van der Waals surface area contributed by atoms with Gasteiger partial charge in [-0.15, -0.1) is 0 Å². The molecule has 1 N–H and O–H groups in total. The quantitative estimate of drug-likeness (QED) is 0.639. The van der Waals surface area contributed by atoms with E-state index in [9.17, 15) is 23.3 Å². The number of sulfonamides is 1. The number of nitrogens with zero attached hydrogens (tertiary/aromatic N) is 1. The molecule has 0 aliphatic rings. The van der Waals surface area contributed by atoms with Gasteiger partial charge >= 0.3 is 0 Å². The first-order valence-electron chi connectivity index (χ1n) is 6.54. The third kappa shape index (κ3) is 4.01. The number of nitro groups is 1. The highest BCUT2D eigenvalue weighted by atomic mass is 32.2. The summed E-state index contributed by atoms with van der Waals surface area (Å²) in [5.74, 6) is -1.08. The molecule has 0 heterocycles. The monoisotopic (exact) mass is 314 g/mol. The Hall–Kier alpha value is -1.96. The highest BCUT2D eigenvalue weighted by Gasteiger charge is 2.29. The Morgan fingerprint density at radius 1 is 1.33 bits per heavy atom. The van der Waals surface area contributed by atoms with E-state index in [2.05, 4.69) is 0 Å². The van der Waals surface area contributed by atoms with Gasteiger partial charge in [-0.1, -0.05) is 19.9 Å². The van der Waals surface area contributed by atoms with E-state index in [0.29, 0.717) is 18.4 Å². The second-order valence-corrected chi connectivity index (χ2v) is 6.36. The Morgan fingerprint density at radius 2 is 1.90 bits per heavy atom. The van der Waals surface area contributed by atoms with Crippen LogP contribution in [0.2, 0.25) is 0 Å². The maximum Gasteiger partial charge on any atom is 0.290 e. The molecule has 0 bridgehead atoms. The van der Waals surface area contributed by atoms with Crippen LogP contribution < -0.4 is 4.72 Å². The van der Waals surface area contributed by atoms with E-state index in [1.807, 2.05) is 4.72 Å². The van der Waals surface area contributed by atoms with Gasteiger partial charge in [0.25, 0.3) is 15.7 Å². The number of nitro benzene ring substituents is 1. The topological polar surface area (TPSA) is 106 Å². The van der Waals surface area contributed by atoms with E-state index in [1.54, 1.807) is 20.8 Å². The van der Waals surface area contributed by atoms with E-state index in [-0.39, 0.29) is 0 Å². The molecule has 0 saturated carbocycles. The van der Waals surface area contributed by atoms with E-state index in [0.717, 1.165) is 12.1 Å². The summed E-state index contributed by atoms with van der Waals surface area (Å²) in [7, 11) is -4.26. The van der Waals surface area contributed by atoms with Gasteiger partial charge in [-0.25, -0.2) is 13.1 Å². The fourth-order valence-corrected chi connectivity index (χ4v) is 3.13. The Balaban J connectivity index is 3.20. The van der Waals surface area contributed by atoms with Crippen molar-refractivity contribution >= 4 is 21.6 Å². The van der Waals surface area contributed by atoms with Crippen LogP contribution >= 0.6 is 0 Å². The van der Waals surface area contributed by atoms with Crippen molar-refractivity contribution in [3.63, 3.8) is 0 Å². The van der Waals surface area contributed by atoms with E-state index in [1.165, 1.54) is 6.07 Å². The molecule has 0 spiro atoms. The van der Waals surface area contributed by atoms with Gasteiger partial charge in [0.15, 0.2) is 4.90 Å². The zero-order valence-electron chi connectivity index (χ0n) is 12.1. The average Bonchev–Trinajstić information content (AvgIpc) is 2.38. The zero-order valence-corrected chi connectivity index (χ0v) is 12.9. The molecular weight excluding hydrogens is 296 g/mol. The van der Waals surface area contributed by atoms with Crippen molar-refractivity contribution in [3.05, 3.63) is 33.9 Å². The van der Waals surface area contributed by atoms with E-state index in [4.69, 9.17) is 0 Å². The van der Waals surface area contributed by atoms with Crippen molar-refractivity contribution in [1.29, 1.82) is 0 Å². The molecule has 1 amide bonds. The molecule has 116 valence electrons. The maximum atomic E-state index is 12.2. The molecule has 0 atom stereocenters. The number of carbonyl (C=O) groups is 1. The molecule has 0 aliphatic heterocycles. The number of hydrogen-bond acceptors (Lipinski definition) is 5. The smallest absolute Gasteiger partial charge is 0.274 e. The van der Waals surface area contributed by atoms with Crippen LogP contribution in [0, 0.1) is 23.0 Å². The Labute approximate surface area is 123 Å². The molecule has 1 aromatic rings. The van der Waals surface area contributed by atoms with Crippen LogP contribution in [0.5, 0.6) is 0 Å². The summed E-state index contributed by atoms with van der Waals surface area (Å²) in [6.07, 6.45) is 0.988. The van der Waals surface area contributed by atoms with Crippen molar-refractivity contribution < 1.29 is 18.1 Å². The minimum absolute atomic E-state index is 0.440. The second-order valence-electron chi connectivity index (χ2n) is 4.71. The SMILES string of the molecule is CCC(CC)C(=O)NS(=O)(=O)c1ccc(C)cc1[N+](=O)[O-]. The summed E-state index contributed by atoms with van der Waals surface area (Å²) in [5.41, 5.74) is 0.0202. The number of benzene rings is 1. The molecule has 8 heteroatoms. The maximum absolute atomic E-state index is 12.2. The van der Waals surface area contributed by atoms with Crippen LogP contribution in [0.25, 0.3) is 0 Å². The van der Waals surface area contributed by atoms with Gasteiger partial charge in [0, 0.05) is 12.0 Å². The fraction of sp³-hybridized carbons (Fsp3) is 0.462. The molecular formula is C13H18N2O5S. The molecule has 0 aromatic heterocycles. The minimum Gasteiger partial charge on any atom is -0.274 e. The lowest BCUT2D eigenvalue weighted by atomic mass is 10.0. The van der Waals surface area contributed by atoms with Crippen LogP contribution in [0.3, 0.4) is 0 Å². The predicted octanol–water partition coefficient (Wildman–Crippen LogP) is 2.14. The number of nitrogens with one attached hydrogen (secondary N) is 1. The molecule has 0 radical (unpaired) electrons. The largest absolute Gasteiger partial charge is 0.290 e. The van der Waals surface area contributed by atoms with Gasteiger partial charge in [-0.05, 0) is 31.4 Å². The highest BCUT2D eigenvalue weighted by molar-refractivity contribution is 7.90. The van der Waals surface area contributed by atoms with Gasteiger partial charge in [-0.2, -0.15) is 0 Å². The Kier molecular flexibility index (Phi) is 5.42. The normalized spacial score (nSPS) is 11.4. The Bertz CT molecular complexity index is 651. The van der Waals surface area contributed by atoms with Gasteiger partial charge in [0.05, 0.1) is 4.92 Å². The third-order valence-electron chi connectivity index (χ3n) is 3.19. The first-order chi connectivity index (χ1) is 9.72. The van der Waals surface area contributed by atoms with Gasteiger partial charge in [0.1, 0.15) is 0 Å². The highest BCUT2D eigenvalue weighted by Crippen LogP contribution is 2.25. The van der Waals surface area contributed by atoms with Crippen LogP contribution in [0.1, 0.15) is 32.3 Å². The number of aryl methyl sites for hydroxylation is 1. The molecule has 0 aliphatic carbocycles. The summed E-state index contributed by atoms with van der Waals surface area (Å²) in [6.45, 7) is 5.16. The standard InChI is InChI=1S/C13H18N2O5S/c1-4-10(5-2)13(16)14-21(19,20)12-7-6-9(3)8-11(12)15(17)18/h6-8,10H,4-5H2,1-3H3,(H,14,16). The van der Waals surface area contributed by atoms with Crippen LogP contribution in [-0.2, 0) is 14.8 Å². The molecule has 0 fully saturated rings. The lowest BCUT2D eigenvalue weighted by Crippen LogP contribution is -2.35. The molecule has 0 unspecified atom stereocenters. The number of rotatable bonds is 6. The first kappa shape index (κ1) is 17.1. The minimum atomic E-state index is -4.26. The number of hydrogen-bond donors (Lipinski definition) is 1. The van der Waals surface area contributed by atoms with Crippen LogP contribution in [-0.4, -0.2) is 19.2 Å². The van der Waals surface area contributed by atoms with Crippen LogP contribution in [0.15, 0.2) is 23.1 Å². The lowest BCUT2D eigenvalue weighted by Gasteiger charge is -2.13. The van der Waals surface area contributed by atoms with Crippen molar-refractivity contribution in [2.24, 2.45) is 5.92 Å². The summed E-state index contributed by atoms with van der Waals surface area (Å²) >= 11 is 0. The average molecular weight is 314 g/mol. The van der Waals surface area contributed by atoms with Gasteiger partial charge < -0.3 is 0 Å². The van der Waals surface area contributed by atoms with Crippen molar-refractivity contribution in [2.45, 2.75) is 38.5 Å². The van der Waals surface area contributed by atoms with Crippen molar-refractivity contribution in [3.8, 4) is 0 Å². The summed E-state index contributed by atoms with van der Waals surface area (Å²) in [6, 6.07) is 3.75. The molecule has 0 saturated heterocycles. The summed E-state index contributed by atoms with van der Waals surface area (Å²) < 4.78 is 26.3. The number of amides is 1. The van der Waals surface area contributed by atoms with Gasteiger partial charge in [-0.3, -0.25) is 14.9 Å². The molecule has 7 nitrogen and oxygen atoms in total. The third-order valence-corrected chi connectivity index (χ3v) is 4.59. The summed E-state index contributed by atoms with van der Waals surface area (Å²) in [5, 5.41) is 11.0. The fourth-order valence-electron chi connectivity index (χ4n) is 1.93. The van der Waals surface area contributed by atoms with Crippen molar-refractivity contribution in [1.82, 2.24) is 4.72 Å². The zero-order chi connectivity index (χ0) is 16.2. The number of carbonyl (C=O) groups excluding carboxylic acids is 1. The predicted molar refractivity (Wildman–Crippen MR) is 77.2 cm³/mol. The molecule has 1 rings (SSSR count).